The molecule has 1 heterocycles. The molecule has 0 aromatic rings. The minimum absolute atomic E-state index is 0.454. The van der Waals surface area contributed by atoms with Gasteiger partial charge in [-0.15, -0.1) is 0 Å². The zero-order chi connectivity index (χ0) is 17.6. The number of hydrogen-bond donors (Lipinski definition) is 0. The molecular weight excluding hydrogens is 328 g/mol. The Morgan fingerprint density at radius 1 is 0.538 bits per heavy atom. The van der Waals surface area contributed by atoms with Crippen molar-refractivity contribution in [3.8, 4) is 0 Å². The van der Waals surface area contributed by atoms with Gasteiger partial charge in [-0.3, -0.25) is 0 Å². The minimum atomic E-state index is 0.454. The zero-order valence-electron chi connectivity index (χ0n) is 16.4. The highest BCUT2D eigenvalue weighted by Crippen LogP contribution is 2.31. The summed E-state index contributed by atoms with van der Waals surface area (Å²) in [7, 11) is 0. The third-order valence-corrected chi connectivity index (χ3v) is 6.84. The van der Waals surface area contributed by atoms with Crippen LogP contribution in [0, 0.1) is 5.92 Å². The second kappa shape index (κ2) is 9.86. The molecule has 1 saturated heterocycles. The highest BCUT2D eigenvalue weighted by Gasteiger charge is 2.30. The van der Waals surface area contributed by atoms with Gasteiger partial charge in [-0.05, 0) is 64.2 Å². The molecule has 150 valence electrons. The summed E-state index contributed by atoms with van der Waals surface area (Å²) in [6.45, 7) is 2.68. The van der Waals surface area contributed by atoms with Gasteiger partial charge in [0.2, 0.25) is 0 Å². The van der Waals surface area contributed by atoms with E-state index in [2.05, 4.69) is 0 Å². The molecular formula is C22H38O4. The summed E-state index contributed by atoms with van der Waals surface area (Å²) in [6.07, 6.45) is 18.6. The van der Waals surface area contributed by atoms with Crippen LogP contribution >= 0.6 is 0 Å². The summed E-state index contributed by atoms with van der Waals surface area (Å²) < 4.78 is 24.1. The maximum absolute atomic E-state index is 6.45. The molecule has 0 bridgehead atoms. The first-order valence-electron chi connectivity index (χ1n) is 11.4. The third-order valence-electron chi connectivity index (χ3n) is 6.84. The predicted octanol–water partition coefficient (Wildman–Crippen LogP) is 4.64. The average molecular weight is 367 g/mol. The lowest BCUT2D eigenvalue weighted by molar-refractivity contribution is -0.115. The fourth-order valence-corrected chi connectivity index (χ4v) is 5.04. The Morgan fingerprint density at radius 2 is 1.00 bits per heavy atom. The highest BCUT2D eigenvalue weighted by atomic mass is 16.5. The van der Waals surface area contributed by atoms with E-state index in [0.29, 0.717) is 36.4 Å². The Balaban J connectivity index is 1.07. The van der Waals surface area contributed by atoms with E-state index in [0.717, 1.165) is 19.8 Å². The molecule has 0 N–H and O–H groups in total. The molecule has 0 atom stereocenters. The van der Waals surface area contributed by atoms with Gasteiger partial charge >= 0.3 is 0 Å². The van der Waals surface area contributed by atoms with Crippen LogP contribution in [0.25, 0.3) is 0 Å². The molecule has 26 heavy (non-hydrogen) atoms. The van der Waals surface area contributed by atoms with Gasteiger partial charge in [0, 0.05) is 5.92 Å². The summed E-state index contributed by atoms with van der Waals surface area (Å²) in [6, 6.07) is 0. The molecule has 4 rings (SSSR count). The van der Waals surface area contributed by atoms with E-state index in [1.54, 1.807) is 0 Å². The van der Waals surface area contributed by atoms with Crippen molar-refractivity contribution in [1.82, 2.24) is 0 Å². The van der Waals surface area contributed by atoms with Crippen molar-refractivity contribution in [2.75, 3.05) is 19.8 Å². The minimum Gasteiger partial charge on any atom is -0.381 e. The van der Waals surface area contributed by atoms with E-state index in [1.165, 1.54) is 83.5 Å². The number of hydrogen-bond acceptors (Lipinski definition) is 4. The topological polar surface area (TPSA) is 36.9 Å². The van der Waals surface area contributed by atoms with Crippen LogP contribution < -0.4 is 0 Å². The molecule has 4 nitrogen and oxygen atoms in total. The SMILES string of the molecule is C1CCC(OC2CCC(OC3CCC(OCC4COC4)CC3)CC2)CC1. The normalized spacial score (nSPS) is 37.4. The third kappa shape index (κ3) is 5.67. The Bertz CT molecular complexity index is 389. The maximum Gasteiger partial charge on any atom is 0.0580 e. The molecule has 4 heteroatoms. The quantitative estimate of drug-likeness (QED) is 0.658. The van der Waals surface area contributed by atoms with Crippen molar-refractivity contribution >= 4 is 0 Å². The van der Waals surface area contributed by atoms with Crippen molar-refractivity contribution < 1.29 is 18.9 Å². The molecule has 3 aliphatic carbocycles. The second-order valence-corrected chi connectivity index (χ2v) is 9.07. The molecule has 1 aliphatic heterocycles. The van der Waals surface area contributed by atoms with E-state index in [-0.39, 0.29) is 0 Å². The molecule has 0 aromatic heterocycles. The summed E-state index contributed by atoms with van der Waals surface area (Å²) in [5, 5.41) is 0. The Hall–Kier alpha value is -0.160. The van der Waals surface area contributed by atoms with Crippen LogP contribution in [0.3, 0.4) is 0 Å². The lowest BCUT2D eigenvalue weighted by Crippen LogP contribution is -2.36. The molecule has 4 aliphatic rings. The summed E-state index contributed by atoms with van der Waals surface area (Å²) >= 11 is 0. The van der Waals surface area contributed by atoms with Gasteiger partial charge in [0.15, 0.2) is 0 Å². The maximum atomic E-state index is 6.45. The van der Waals surface area contributed by atoms with Gasteiger partial charge < -0.3 is 18.9 Å². The average Bonchev–Trinajstić information content (AvgIpc) is 2.64. The van der Waals surface area contributed by atoms with Crippen LogP contribution in [0.2, 0.25) is 0 Å². The molecule has 4 fully saturated rings. The fourth-order valence-electron chi connectivity index (χ4n) is 5.04. The number of rotatable bonds is 7. The summed E-state index contributed by atoms with van der Waals surface area (Å²) in [5.74, 6) is 0.648. The Labute approximate surface area is 159 Å². The van der Waals surface area contributed by atoms with Crippen LogP contribution in [0.15, 0.2) is 0 Å². The van der Waals surface area contributed by atoms with Gasteiger partial charge in [0.1, 0.15) is 0 Å². The monoisotopic (exact) mass is 366 g/mol. The molecule has 0 amide bonds. The van der Waals surface area contributed by atoms with E-state index in [1.807, 2.05) is 0 Å². The van der Waals surface area contributed by atoms with E-state index in [4.69, 9.17) is 18.9 Å². The van der Waals surface area contributed by atoms with Crippen LogP contribution in [0.1, 0.15) is 83.5 Å². The fraction of sp³-hybridized carbons (Fsp3) is 1.00. The standard InChI is InChI=1S/C22H38O4/c1-2-4-19(5-3-1)25-21-10-12-22(13-11-21)26-20-8-6-18(7-9-20)24-16-17-14-23-15-17/h17-22H,1-16H2. The van der Waals surface area contributed by atoms with Crippen molar-refractivity contribution in [3.63, 3.8) is 0 Å². The predicted molar refractivity (Wildman–Crippen MR) is 101 cm³/mol. The second-order valence-electron chi connectivity index (χ2n) is 9.07. The lowest BCUT2D eigenvalue weighted by atomic mass is 9.91. The van der Waals surface area contributed by atoms with Crippen LogP contribution in [0.5, 0.6) is 0 Å². The summed E-state index contributed by atoms with van der Waals surface area (Å²) in [4.78, 5) is 0. The van der Waals surface area contributed by atoms with Crippen molar-refractivity contribution in [3.05, 3.63) is 0 Å². The summed E-state index contributed by atoms with van der Waals surface area (Å²) in [5.41, 5.74) is 0. The largest absolute Gasteiger partial charge is 0.381 e. The molecule has 0 unspecified atom stereocenters. The first kappa shape index (κ1) is 19.2. The Morgan fingerprint density at radius 3 is 1.46 bits per heavy atom. The molecule has 3 saturated carbocycles. The highest BCUT2D eigenvalue weighted by molar-refractivity contribution is 4.79. The van der Waals surface area contributed by atoms with Gasteiger partial charge in [0.05, 0.1) is 50.3 Å². The van der Waals surface area contributed by atoms with Crippen molar-refractivity contribution in [2.24, 2.45) is 5.92 Å². The van der Waals surface area contributed by atoms with Crippen LogP contribution in [-0.2, 0) is 18.9 Å². The zero-order valence-corrected chi connectivity index (χ0v) is 16.4. The molecule has 0 radical (unpaired) electrons. The molecule has 0 aromatic carbocycles. The van der Waals surface area contributed by atoms with Gasteiger partial charge in [-0.1, -0.05) is 19.3 Å². The first-order chi connectivity index (χ1) is 12.8. The van der Waals surface area contributed by atoms with E-state index < -0.39 is 0 Å². The van der Waals surface area contributed by atoms with E-state index >= 15 is 0 Å². The van der Waals surface area contributed by atoms with Crippen molar-refractivity contribution in [2.45, 2.75) is 114 Å². The van der Waals surface area contributed by atoms with Gasteiger partial charge in [-0.25, -0.2) is 0 Å². The Kier molecular flexibility index (Phi) is 7.27. The molecule has 0 spiro atoms. The number of ether oxygens (including phenoxy) is 4. The smallest absolute Gasteiger partial charge is 0.0580 e. The van der Waals surface area contributed by atoms with Gasteiger partial charge in [-0.2, -0.15) is 0 Å². The van der Waals surface area contributed by atoms with Crippen LogP contribution in [-0.4, -0.2) is 50.3 Å². The van der Waals surface area contributed by atoms with E-state index in [9.17, 15) is 0 Å². The first-order valence-corrected chi connectivity index (χ1v) is 11.4. The van der Waals surface area contributed by atoms with Gasteiger partial charge in [0.25, 0.3) is 0 Å². The lowest BCUT2D eigenvalue weighted by Gasteiger charge is -2.36. The van der Waals surface area contributed by atoms with Crippen molar-refractivity contribution in [1.29, 1.82) is 0 Å². The van der Waals surface area contributed by atoms with Crippen LogP contribution in [0.4, 0.5) is 0 Å².